The minimum atomic E-state index is -1.02. The lowest BCUT2D eigenvalue weighted by atomic mass is 10.0. The van der Waals surface area contributed by atoms with Gasteiger partial charge in [0, 0.05) is 10.9 Å². The summed E-state index contributed by atoms with van der Waals surface area (Å²) in [5, 5.41) is 14.3. The second kappa shape index (κ2) is 9.20. The molecule has 3 rings (SSSR count). The number of methoxy groups -OCH3 is 2. The molecule has 1 unspecified atom stereocenters. The van der Waals surface area contributed by atoms with Gasteiger partial charge >= 0.3 is 5.97 Å². The number of aliphatic carboxylic acids is 1. The van der Waals surface area contributed by atoms with E-state index in [9.17, 15) is 14.7 Å². The van der Waals surface area contributed by atoms with Crippen LogP contribution in [-0.4, -0.2) is 36.2 Å². The van der Waals surface area contributed by atoms with Gasteiger partial charge in [0.15, 0.2) is 0 Å². The van der Waals surface area contributed by atoms with E-state index in [1.807, 2.05) is 24.3 Å². The van der Waals surface area contributed by atoms with Crippen LogP contribution in [0.15, 0.2) is 53.9 Å². The fourth-order valence-corrected chi connectivity index (χ4v) is 3.57. The van der Waals surface area contributed by atoms with Crippen molar-refractivity contribution in [1.82, 2.24) is 10.3 Å². The van der Waals surface area contributed by atoms with Gasteiger partial charge in [-0.2, -0.15) is 0 Å². The second-order valence-electron chi connectivity index (χ2n) is 6.17. The average molecular weight is 412 g/mol. The lowest BCUT2D eigenvalue weighted by Gasteiger charge is -2.17. The molecule has 8 heteroatoms. The smallest absolute Gasteiger partial charge is 0.305 e. The quantitative estimate of drug-likeness (QED) is 0.584. The molecule has 2 N–H and O–H groups in total. The number of carboxylic acid groups (broad SMARTS) is 1. The monoisotopic (exact) mass is 412 g/mol. The first-order valence-electron chi connectivity index (χ1n) is 8.76. The average Bonchev–Trinajstić information content (AvgIpc) is 3.23. The zero-order valence-corrected chi connectivity index (χ0v) is 16.7. The number of nitrogens with zero attached hydrogens (tertiary/aromatic N) is 1. The number of nitrogens with one attached hydrogen (secondary N) is 1. The van der Waals surface area contributed by atoms with Gasteiger partial charge in [0.2, 0.25) is 0 Å². The molecule has 3 aromatic rings. The maximum atomic E-state index is 12.7. The number of benzene rings is 2. The largest absolute Gasteiger partial charge is 0.497 e. The van der Waals surface area contributed by atoms with Crippen LogP contribution in [-0.2, 0) is 4.79 Å². The highest BCUT2D eigenvalue weighted by molar-refractivity contribution is 7.13. The van der Waals surface area contributed by atoms with E-state index in [4.69, 9.17) is 9.47 Å². The summed E-state index contributed by atoms with van der Waals surface area (Å²) >= 11 is 1.34. The molecule has 0 aliphatic rings. The van der Waals surface area contributed by atoms with Crippen LogP contribution in [0, 0.1) is 0 Å². The summed E-state index contributed by atoms with van der Waals surface area (Å²) in [5.41, 5.74) is 1.74. The van der Waals surface area contributed by atoms with Crippen molar-refractivity contribution < 1.29 is 24.2 Å². The van der Waals surface area contributed by atoms with E-state index >= 15 is 0 Å². The van der Waals surface area contributed by atoms with E-state index in [-0.39, 0.29) is 12.1 Å². The highest BCUT2D eigenvalue weighted by Crippen LogP contribution is 2.27. The Bertz CT molecular complexity index is 1000. The first kappa shape index (κ1) is 20.3. The topological polar surface area (TPSA) is 97.8 Å². The van der Waals surface area contributed by atoms with E-state index in [1.54, 1.807) is 36.8 Å². The number of aromatic nitrogens is 1. The lowest BCUT2D eigenvalue weighted by molar-refractivity contribution is -0.137. The summed E-state index contributed by atoms with van der Waals surface area (Å²) in [5.74, 6) is -0.133. The Hall–Kier alpha value is -3.39. The van der Waals surface area contributed by atoms with Crippen LogP contribution in [0.1, 0.15) is 28.5 Å². The number of carbonyl (C=O) groups excluding carboxylic acids is 1. The van der Waals surface area contributed by atoms with Crippen molar-refractivity contribution in [3.8, 4) is 22.1 Å². The Morgan fingerprint density at radius 3 is 2.48 bits per heavy atom. The summed E-state index contributed by atoms with van der Waals surface area (Å²) in [6.45, 7) is 0. The first-order valence-corrected chi connectivity index (χ1v) is 9.64. The minimum Gasteiger partial charge on any atom is -0.497 e. The highest BCUT2D eigenvalue weighted by atomic mass is 32.1. The first-order chi connectivity index (χ1) is 14.0. The number of thiazole rings is 1. The molecule has 0 saturated heterocycles. The Kier molecular flexibility index (Phi) is 6.46. The van der Waals surface area contributed by atoms with Crippen molar-refractivity contribution in [3.05, 3.63) is 65.2 Å². The van der Waals surface area contributed by atoms with Crippen molar-refractivity contribution in [2.24, 2.45) is 0 Å². The zero-order valence-electron chi connectivity index (χ0n) is 15.9. The maximum Gasteiger partial charge on any atom is 0.305 e. The third-order valence-electron chi connectivity index (χ3n) is 4.25. The Morgan fingerprint density at radius 2 is 1.83 bits per heavy atom. The van der Waals surface area contributed by atoms with Gasteiger partial charge in [0.25, 0.3) is 5.91 Å². The van der Waals surface area contributed by atoms with Gasteiger partial charge in [-0.25, -0.2) is 4.98 Å². The van der Waals surface area contributed by atoms with Crippen molar-refractivity contribution in [2.75, 3.05) is 14.2 Å². The van der Waals surface area contributed by atoms with Crippen LogP contribution >= 0.6 is 11.3 Å². The zero-order chi connectivity index (χ0) is 20.8. The molecule has 0 fully saturated rings. The summed E-state index contributed by atoms with van der Waals surface area (Å²) in [6.07, 6.45) is -0.256. The van der Waals surface area contributed by atoms with Gasteiger partial charge in [-0.3, -0.25) is 9.59 Å². The van der Waals surface area contributed by atoms with Crippen LogP contribution < -0.4 is 14.8 Å². The van der Waals surface area contributed by atoms with Crippen molar-refractivity contribution in [3.63, 3.8) is 0 Å². The number of rotatable bonds is 8. The Balaban J connectivity index is 1.78. The third kappa shape index (κ3) is 5.11. The number of hydrogen-bond acceptors (Lipinski definition) is 6. The molecular weight excluding hydrogens is 392 g/mol. The van der Waals surface area contributed by atoms with E-state index in [2.05, 4.69) is 10.3 Å². The molecule has 1 aromatic heterocycles. The predicted molar refractivity (Wildman–Crippen MR) is 110 cm³/mol. The third-order valence-corrected chi connectivity index (χ3v) is 5.15. The molecule has 2 aromatic carbocycles. The SMILES string of the molecule is COc1ccc(-c2nc(C(=O)NC(CC(=O)O)c3cccc(OC)c3)cs2)cc1. The molecular formula is C21H20N2O5S. The van der Waals surface area contributed by atoms with Crippen LogP contribution in [0.3, 0.4) is 0 Å². The van der Waals surface area contributed by atoms with Gasteiger partial charge in [-0.15, -0.1) is 11.3 Å². The number of hydrogen-bond donors (Lipinski definition) is 2. The summed E-state index contributed by atoms with van der Waals surface area (Å²) < 4.78 is 10.3. The normalized spacial score (nSPS) is 11.5. The van der Waals surface area contributed by atoms with Gasteiger partial charge in [0.1, 0.15) is 22.2 Å². The summed E-state index contributed by atoms with van der Waals surface area (Å²) in [7, 11) is 3.12. The standard InChI is InChI=1S/C21H20N2O5S/c1-27-15-8-6-13(7-9-15)21-23-18(12-29-21)20(26)22-17(11-19(24)25)14-4-3-5-16(10-14)28-2/h3-10,12,17H,11H2,1-2H3,(H,22,26)(H,24,25). The van der Waals surface area contributed by atoms with Gasteiger partial charge in [-0.1, -0.05) is 12.1 Å². The minimum absolute atomic E-state index is 0.235. The maximum absolute atomic E-state index is 12.7. The van der Waals surface area contributed by atoms with E-state index in [0.717, 1.165) is 11.3 Å². The molecule has 0 aliphatic carbocycles. The molecule has 0 aliphatic heterocycles. The van der Waals surface area contributed by atoms with Crippen molar-refractivity contribution >= 4 is 23.2 Å². The molecule has 0 saturated carbocycles. The van der Waals surface area contributed by atoms with Crippen LogP contribution in [0.5, 0.6) is 11.5 Å². The van der Waals surface area contributed by atoms with E-state index < -0.39 is 17.9 Å². The molecule has 1 heterocycles. The predicted octanol–water partition coefficient (Wildman–Crippen LogP) is 3.77. The lowest BCUT2D eigenvalue weighted by Crippen LogP contribution is -2.30. The van der Waals surface area contributed by atoms with Crippen LogP contribution in [0.2, 0.25) is 0 Å². The molecule has 1 atom stereocenters. The molecule has 0 bridgehead atoms. The van der Waals surface area contributed by atoms with Gasteiger partial charge in [-0.05, 0) is 42.0 Å². The summed E-state index contributed by atoms with van der Waals surface area (Å²) in [4.78, 5) is 28.4. The fourth-order valence-electron chi connectivity index (χ4n) is 2.76. The molecule has 29 heavy (non-hydrogen) atoms. The second-order valence-corrected chi connectivity index (χ2v) is 7.03. The molecule has 1 amide bonds. The molecule has 0 radical (unpaired) electrons. The molecule has 0 spiro atoms. The van der Waals surface area contributed by atoms with Gasteiger partial charge in [0.05, 0.1) is 26.7 Å². The van der Waals surface area contributed by atoms with Crippen molar-refractivity contribution in [2.45, 2.75) is 12.5 Å². The van der Waals surface area contributed by atoms with E-state index in [0.29, 0.717) is 16.3 Å². The van der Waals surface area contributed by atoms with E-state index in [1.165, 1.54) is 18.4 Å². The van der Waals surface area contributed by atoms with Gasteiger partial charge < -0.3 is 19.9 Å². The number of ether oxygens (including phenoxy) is 2. The van der Waals surface area contributed by atoms with Crippen LogP contribution in [0.4, 0.5) is 0 Å². The Morgan fingerprint density at radius 1 is 1.10 bits per heavy atom. The van der Waals surface area contributed by atoms with Crippen molar-refractivity contribution in [1.29, 1.82) is 0 Å². The summed E-state index contributed by atoms with van der Waals surface area (Å²) in [6, 6.07) is 13.6. The van der Waals surface area contributed by atoms with Crippen LogP contribution in [0.25, 0.3) is 10.6 Å². The Labute approximate surface area is 171 Å². The number of carboxylic acids is 1. The molecule has 7 nitrogen and oxygen atoms in total. The fraction of sp³-hybridized carbons (Fsp3) is 0.190. The highest BCUT2D eigenvalue weighted by Gasteiger charge is 2.21. The molecule has 150 valence electrons. The number of amides is 1. The number of carbonyl (C=O) groups is 2.